The molecule has 1 fully saturated rings. The average Bonchev–Trinajstić information content (AvgIpc) is 2.94. The first-order valence-electron chi connectivity index (χ1n) is 7.23. The van der Waals surface area contributed by atoms with Gasteiger partial charge in [0.1, 0.15) is 0 Å². The normalized spacial score (nSPS) is 18.2. The van der Waals surface area contributed by atoms with Crippen LogP contribution in [0.2, 0.25) is 0 Å². The smallest absolute Gasteiger partial charge is 0.311 e. The summed E-state index contributed by atoms with van der Waals surface area (Å²) < 4.78 is 1.77. The van der Waals surface area contributed by atoms with E-state index in [0.717, 1.165) is 31.6 Å². The van der Waals surface area contributed by atoms with Gasteiger partial charge in [0.2, 0.25) is 5.82 Å². The minimum atomic E-state index is -0.406. The number of nitrogens with zero attached hydrogens (tertiary/aromatic N) is 5. The maximum absolute atomic E-state index is 11.1. The highest BCUT2D eigenvalue weighted by Gasteiger charge is 2.24. The SMILES string of the molecule is Cn1cc(N2CCC[C@H](Nc3ncccc3[N+](=O)[O-])C2)cn1. The van der Waals surface area contributed by atoms with E-state index in [2.05, 4.69) is 20.3 Å². The van der Waals surface area contributed by atoms with Crippen molar-refractivity contribution in [2.45, 2.75) is 18.9 Å². The van der Waals surface area contributed by atoms with Crippen LogP contribution in [-0.2, 0) is 7.05 Å². The molecule has 0 amide bonds. The number of rotatable bonds is 4. The summed E-state index contributed by atoms with van der Waals surface area (Å²) in [6.45, 7) is 1.74. The third kappa shape index (κ3) is 3.00. The molecule has 0 saturated carbocycles. The zero-order valence-corrected chi connectivity index (χ0v) is 12.3. The van der Waals surface area contributed by atoms with Crippen LogP contribution in [0.4, 0.5) is 17.2 Å². The number of hydrogen-bond acceptors (Lipinski definition) is 6. The number of nitrogens with one attached hydrogen (secondary N) is 1. The van der Waals surface area contributed by atoms with Crippen molar-refractivity contribution in [1.29, 1.82) is 0 Å². The molecular weight excluding hydrogens is 284 g/mol. The molecule has 0 unspecified atom stereocenters. The molecule has 1 saturated heterocycles. The second-order valence-corrected chi connectivity index (χ2v) is 5.43. The molecule has 8 nitrogen and oxygen atoms in total. The van der Waals surface area contributed by atoms with Crippen LogP contribution >= 0.6 is 0 Å². The maximum atomic E-state index is 11.1. The number of nitro groups is 1. The zero-order valence-electron chi connectivity index (χ0n) is 12.3. The lowest BCUT2D eigenvalue weighted by molar-refractivity contribution is -0.384. The van der Waals surface area contributed by atoms with Gasteiger partial charge < -0.3 is 10.2 Å². The molecule has 1 aliphatic heterocycles. The van der Waals surface area contributed by atoms with Gasteiger partial charge in [-0.1, -0.05) is 0 Å². The predicted octanol–water partition coefficient (Wildman–Crippen LogP) is 1.80. The average molecular weight is 302 g/mol. The first-order chi connectivity index (χ1) is 10.6. The van der Waals surface area contributed by atoms with Crippen LogP contribution in [0, 0.1) is 10.1 Å². The number of anilines is 2. The van der Waals surface area contributed by atoms with Gasteiger partial charge in [0.05, 0.1) is 16.8 Å². The van der Waals surface area contributed by atoms with E-state index in [-0.39, 0.29) is 11.7 Å². The summed E-state index contributed by atoms with van der Waals surface area (Å²) >= 11 is 0. The van der Waals surface area contributed by atoms with Gasteiger partial charge in [0.25, 0.3) is 0 Å². The van der Waals surface area contributed by atoms with Crippen LogP contribution < -0.4 is 10.2 Å². The predicted molar refractivity (Wildman–Crippen MR) is 83.0 cm³/mol. The number of aryl methyl sites for hydroxylation is 1. The van der Waals surface area contributed by atoms with E-state index < -0.39 is 4.92 Å². The third-order valence-corrected chi connectivity index (χ3v) is 3.80. The molecular formula is C14H18N6O2. The van der Waals surface area contributed by atoms with Gasteiger partial charge in [-0.3, -0.25) is 14.8 Å². The monoisotopic (exact) mass is 302 g/mol. The van der Waals surface area contributed by atoms with E-state index in [4.69, 9.17) is 0 Å². The topological polar surface area (TPSA) is 89.1 Å². The lowest BCUT2D eigenvalue weighted by Crippen LogP contribution is -2.42. The highest BCUT2D eigenvalue weighted by Crippen LogP contribution is 2.25. The molecule has 2 aromatic rings. The van der Waals surface area contributed by atoms with E-state index in [1.807, 2.05) is 19.4 Å². The summed E-state index contributed by atoms with van der Waals surface area (Å²) in [5.74, 6) is 0.338. The molecule has 8 heteroatoms. The molecule has 22 heavy (non-hydrogen) atoms. The number of hydrogen-bond donors (Lipinski definition) is 1. The quantitative estimate of drug-likeness (QED) is 0.684. The van der Waals surface area contributed by atoms with Gasteiger partial charge in [-0.15, -0.1) is 0 Å². The number of aromatic nitrogens is 3. The molecule has 116 valence electrons. The summed E-state index contributed by atoms with van der Waals surface area (Å²) in [5, 5.41) is 18.5. The third-order valence-electron chi connectivity index (χ3n) is 3.80. The van der Waals surface area contributed by atoms with E-state index in [0.29, 0.717) is 5.82 Å². The minimum absolute atomic E-state index is 0.0148. The molecule has 0 aliphatic carbocycles. The molecule has 0 aromatic carbocycles. The Labute approximate surface area is 127 Å². The first-order valence-corrected chi connectivity index (χ1v) is 7.23. The van der Waals surface area contributed by atoms with E-state index in [1.165, 1.54) is 6.07 Å². The molecule has 2 aromatic heterocycles. The lowest BCUT2D eigenvalue weighted by atomic mass is 10.1. The van der Waals surface area contributed by atoms with Crippen LogP contribution in [0.25, 0.3) is 0 Å². The highest BCUT2D eigenvalue weighted by atomic mass is 16.6. The highest BCUT2D eigenvalue weighted by molar-refractivity contribution is 5.56. The fourth-order valence-corrected chi connectivity index (χ4v) is 2.75. The van der Waals surface area contributed by atoms with Crippen molar-refractivity contribution in [3.63, 3.8) is 0 Å². The molecule has 1 aliphatic rings. The summed E-state index contributed by atoms with van der Waals surface area (Å²) in [5.41, 5.74) is 1.09. The van der Waals surface area contributed by atoms with Crippen LogP contribution in [-0.4, -0.2) is 38.8 Å². The largest absolute Gasteiger partial charge is 0.367 e. The van der Waals surface area contributed by atoms with Gasteiger partial charge >= 0.3 is 5.69 Å². The molecule has 0 bridgehead atoms. The van der Waals surface area contributed by atoms with Crippen molar-refractivity contribution in [2.75, 3.05) is 23.3 Å². The van der Waals surface area contributed by atoms with Gasteiger partial charge in [0, 0.05) is 44.6 Å². The Kier molecular flexibility index (Phi) is 3.90. The second kappa shape index (κ2) is 6.00. The van der Waals surface area contributed by atoms with Crippen LogP contribution in [0.5, 0.6) is 0 Å². The summed E-state index contributed by atoms with van der Waals surface area (Å²) in [6, 6.07) is 3.17. The summed E-state index contributed by atoms with van der Waals surface area (Å²) in [4.78, 5) is 17.0. The summed E-state index contributed by atoms with van der Waals surface area (Å²) in [6.07, 6.45) is 7.37. The van der Waals surface area contributed by atoms with E-state index >= 15 is 0 Å². The number of pyridine rings is 1. The molecule has 0 spiro atoms. The Morgan fingerprint density at radius 1 is 1.50 bits per heavy atom. The molecule has 1 atom stereocenters. The molecule has 3 heterocycles. The Morgan fingerprint density at radius 2 is 2.36 bits per heavy atom. The number of piperidine rings is 1. The minimum Gasteiger partial charge on any atom is -0.367 e. The van der Waals surface area contributed by atoms with E-state index in [1.54, 1.807) is 16.9 Å². The molecule has 0 radical (unpaired) electrons. The Hall–Kier alpha value is -2.64. The fraction of sp³-hybridized carbons (Fsp3) is 0.429. The van der Waals surface area contributed by atoms with Crippen LogP contribution in [0.3, 0.4) is 0 Å². The first kappa shape index (κ1) is 14.3. The van der Waals surface area contributed by atoms with E-state index in [9.17, 15) is 10.1 Å². The van der Waals surface area contributed by atoms with Crippen LogP contribution in [0.1, 0.15) is 12.8 Å². The van der Waals surface area contributed by atoms with Crippen molar-refractivity contribution >= 4 is 17.2 Å². The summed E-state index contributed by atoms with van der Waals surface area (Å²) in [7, 11) is 1.89. The molecule has 3 rings (SSSR count). The fourth-order valence-electron chi connectivity index (χ4n) is 2.75. The zero-order chi connectivity index (χ0) is 15.5. The van der Waals surface area contributed by atoms with Crippen LogP contribution in [0.15, 0.2) is 30.7 Å². The maximum Gasteiger partial charge on any atom is 0.311 e. The van der Waals surface area contributed by atoms with Gasteiger partial charge in [0.15, 0.2) is 0 Å². The van der Waals surface area contributed by atoms with Crippen molar-refractivity contribution in [3.8, 4) is 0 Å². The molecule has 1 N–H and O–H groups in total. The van der Waals surface area contributed by atoms with Gasteiger partial charge in [-0.05, 0) is 18.9 Å². The lowest BCUT2D eigenvalue weighted by Gasteiger charge is -2.33. The second-order valence-electron chi connectivity index (χ2n) is 5.43. The van der Waals surface area contributed by atoms with Gasteiger partial charge in [-0.25, -0.2) is 4.98 Å². The Morgan fingerprint density at radius 3 is 3.09 bits per heavy atom. The van der Waals surface area contributed by atoms with Crippen molar-refractivity contribution in [3.05, 3.63) is 40.8 Å². The Bertz CT molecular complexity index is 671. The van der Waals surface area contributed by atoms with Crippen molar-refractivity contribution in [2.24, 2.45) is 7.05 Å². The van der Waals surface area contributed by atoms with Gasteiger partial charge in [-0.2, -0.15) is 5.10 Å². The Balaban J connectivity index is 1.72. The van der Waals surface area contributed by atoms with Crippen molar-refractivity contribution in [1.82, 2.24) is 14.8 Å². The standard InChI is InChI=1S/C14H18N6O2/c1-18-10-12(8-16-18)19-7-3-4-11(9-19)17-14-13(20(21)22)5-2-6-15-14/h2,5-6,8,10-11H,3-4,7,9H2,1H3,(H,15,17)/t11-/m0/s1. The van der Waals surface area contributed by atoms with Crippen molar-refractivity contribution < 1.29 is 4.92 Å².